The third kappa shape index (κ3) is 2.77. The first kappa shape index (κ1) is 9.57. The number of rotatable bonds is 0. The van der Waals surface area contributed by atoms with Gasteiger partial charge in [0.2, 0.25) is 0 Å². The van der Waals surface area contributed by atoms with Gasteiger partial charge in [0.05, 0.1) is 18.1 Å². The molecule has 1 aromatic heterocycles. The van der Waals surface area contributed by atoms with Gasteiger partial charge in [-0.15, -0.1) is 0 Å². The summed E-state index contributed by atoms with van der Waals surface area (Å²) in [6, 6.07) is 3.70. The number of nitriles is 1. The standard InChI is InChI=1S/C9H6BrN3/c10-8-5-7(3-1-2-4-11)9(12)13-6-8/h5-6H,2H2,(H2,12,13). The minimum atomic E-state index is 0.200. The molecule has 0 bridgehead atoms. The molecule has 0 aliphatic heterocycles. The van der Waals surface area contributed by atoms with Crippen LogP contribution in [0.25, 0.3) is 0 Å². The lowest BCUT2D eigenvalue weighted by atomic mass is 10.2. The van der Waals surface area contributed by atoms with Crippen molar-refractivity contribution in [3.63, 3.8) is 0 Å². The van der Waals surface area contributed by atoms with Crippen LogP contribution < -0.4 is 5.73 Å². The Hall–Kier alpha value is -1.52. The SMILES string of the molecule is N#CCC#Cc1cc(Br)cnc1N. The van der Waals surface area contributed by atoms with E-state index in [2.05, 4.69) is 32.8 Å². The highest BCUT2D eigenvalue weighted by Gasteiger charge is 1.96. The van der Waals surface area contributed by atoms with Crippen LogP contribution in [0.3, 0.4) is 0 Å². The Morgan fingerprint density at radius 1 is 1.62 bits per heavy atom. The summed E-state index contributed by atoms with van der Waals surface area (Å²) in [5, 5.41) is 8.26. The van der Waals surface area contributed by atoms with Crippen LogP contribution in [0.15, 0.2) is 16.7 Å². The van der Waals surface area contributed by atoms with E-state index in [0.29, 0.717) is 11.4 Å². The van der Waals surface area contributed by atoms with Gasteiger partial charge >= 0.3 is 0 Å². The van der Waals surface area contributed by atoms with Gasteiger partial charge in [-0.05, 0) is 22.0 Å². The zero-order chi connectivity index (χ0) is 9.68. The predicted octanol–water partition coefficient (Wildman–Crippen LogP) is 1.69. The second-order valence-electron chi connectivity index (χ2n) is 2.22. The van der Waals surface area contributed by atoms with E-state index in [9.17, 15) is 0 Å². The molecule has 1 heterocycles. The summed E-state index contributed by atoms with van der Waals surface area (Å²) in [5.74, 6) is 5.82. The zero-order valence-electron chi connectivity index (χ0n) is 6.71. The molecule has 13 heavy (non-hydrogen) atoms. The first-order chi connectivity index (χ1) is 6.24. The van der Waals surface area contributed by atoms with Crippen LogP contribution >= 0.6 is 15.9 Å². The Bertz CT molecular complexity index is 409. The van der Waals surface area contributed by atoms with Gasteiger partial charge < -0.3 is 5.73 Å². The van der Waals surface area contributed by atoms with Crippen molar-refractivity contribution in [3.8, 4) is 17.9 Å². The number of nitrogens with zero attached hydrogens (tertiary/aromatic N) is 2. The molecule has 4 heteroatoms. The molecule has 0 fully saturated rings. The smallest absolute Gasteiger partial charge is 0.139 e. The largest absolute Gasteiger partial charge is 0.383 e. The van der Waals surface area contributed by atoms with Crippen molar-refractivity contribution in [1.82, 2.24) is 4.98 Å². The molecule has 0 aliphatic carbocycles. The van der Waals surface area contributed by atoms with E-state index in [1.165, 1.54) is 0 Å². The van der Waals surface area contributed by atoms with Crippen LogP contribution in [-0.4, -0.2) is 4.98 Å². The average molecular weight is 236 g/mol. The molecule has 0 amide bonds. The van der Waals surface area contributed by atoms with Crippen molar-refractivity contribution in [1.29, 1.82) is 5.26 Å². The van der Waals surface area contributed by atoms with Crippen LogP contribution in [0.2, 0.25) is 0 Å². The molecule has 1 aromatic rings. The average Bonchev–Trinajstić information content (AvgIpc) is 2.11. The maximum atomic E-state index is 8.26. The fourth-order valence-corrected chi connectivity index (χ4v) is 1.06. The lowest BCUT2D eigenvalue weighted by molar-refractivity contribution is 1.30. The van der Waals surface area contributed by atoms with E-state index in [1.807, 2.05) is 6.07 Å². The zero-order valence-corrected chi connectivity index (χ0v) is 8.30. The highest BCUT2D eigenvalue weighted by molar-refractivity contribution is 9.10. The number of aromatic nitrogens is 1. The van der Waals surface area contributed by atoms with E-state index >= 15 is 0 Å². The summed E-state index contributed by atoms with van der Waals surface area (Å²) in [6.45, 7) is 0. The van der Waals surface area contributed by atoms with Crippen molar-refractivity contribution in [3.05, 3.63) is 22.3 Å². The van der Waals surface area contributed by atoms with Crippen LogP contribution in [0.5, 0.6) is 0 Å². The summed E-state index contributed by atoms with van der Waals surface area (Å²) in [6.07, 6.45) is 1.80. The number of hydrogen-bond donors (Lipinski definition) is 1. The fourth-order valence-electron chi connectivity index (χ4n) is 0.729. The van der Waals surface area contributed by atoms with Gasteiger partial charge in [-0.3, -0.25) is 0 Å². The molecule has 64 valence electrons. The van der Waals surface area contributed by atoms with Gasteiger partial charge in [0, 0.05) is 10.7 Å². The fraction of sp³-hybridized carbons (Fsp3) is 0.111. The lowest BCUT2D eigenvalue weighted by Gasteiger charge is -1.96. The van der Waals surface area contributed by atoms with Crippen LogP contribution in [0.1, 0.15) is 12.0 Å². The lowest BCUT2D eigenvalue weighted by Crippen LogP contribution is -1.93. The molecular weight excluding hydrogens is 230 g/mol. The topological polar surface area (TPSA) is 62.7 Å². The molecule has 3 nitrogen and oxygen atoms in total. The molecule has 0 saturated heterocycles. The number of pyridine rings is 1. The van der Waals surface area contributed by atoms with Gasteiger partial charge in [0.25, 0.3) is 0 Å². The quantitative estimate of drug-likeness (QED) is 0.697. The third-order valence-electron chi connectivity index (χ3n) is 1.28. The monoisotopic (exact) mass is 235 g/mol. The van der Waals surface area contributed by atoms with Crippen LogP contribution in [0.4, 0.5) is 5.82 Å². The van der Waals surface area contributed by atoms with Crippen molar-refractivity contribution >= 4 is 21.7 Å². The van der Waals surface area contributed by atoms with Crippen molar-refractivity contribution in [2.45, 2.75) is 6.42 Å². The summed E-state index contributed by atoms with van der Waals surface area (Å²) in [5.41, 5.74) is 6.20. The molecular formula is C9H6BrN3. The number of nitrogens with two attached hydrogens (primary N) is 1. The van der Waals surface area contributed by atoms with Crippen LogP contribution in [-0.2, 0) is 0 Å². The molecule has 0 radical (unpaired) electrons. The summed E-state index contributed by atoms with van der Waals surface area (Å²) >= 11 is 3.25. The van der Waals surface area contributed by atoms with E-state index in [-0.39, 0.29) is 6.42 Å². The first-order valence-electron chi connectivity index (χ1n) is 3.51. The Balaban J connectivity index is 2.97. The van der Waals surface area contributed by atoms with Crippen molar-refractivity contribution in [2.75, 3.05) is 5.73 Å². The van der Waals surface area contributed by atoms with Gasteiger partial charge in [-0.25, -0.2) is 4.98 Å². The molecule has 1 rings (SSSR count). The molecule has 0 atom stereocenters. The normalized spacial score (nSPS) is 8.31. The summed E-state index contributed by atoms with van der Waals surface area (Å²) in [7, 11) is 0. The molecule has 0 saturated carbocycles. The Morgan fingerprint density at radius 3 is 3.08 bits per heavy atom. The van der Waals surface area contributed by atoms with Gasteiger partial charge in [0.15, 0.2) is 0 Å². The Kier molecular flexibility index (Phi) is 3.31. The number of anilines is 1. The van der Waals surface area contributed by atoms with Crippen molar-refractivity contribution in [2.24, 2.45) is 0 Å². The van der Waals surface area contributed by atoms with E-state index < -0.39 is 0 Å². The van der Waals surface area contributed by atoms with E-state index in [1.54, 1.807) is 12.3 Å². The van der Waals surface area contributed by atoms with Gasteiger partial charge in [0.1, 0.15) is 5.82 Å². The van der Waals surface area contributed by atoms with Gasteiger partial charge in [-0.1, -0.05) is 11.8 Å². The predicted molar refractivity (Wildman–Crippen MR) is 53.5 cm³/mol. The number of nitrogen functional groups attached to an aromatic ring is 1. The summed E-state index contributed by atoms with van der Waals surface area (Å²) < 4.78 is 0.822. The summed E-state index contributed by atoms with van der Waals surface area (Å²) in [4.78, 5) is 3.90. The molecule has 0 unspecified atom stereocenters. The Labute approximate surface area is 84.7 Å². The molecule has 0 spiro atoms. The second kappa shape index (κ2) is 4.49. The minimum absolute atomic E-state index is 0.200. The maximum absolute atomic E-state index is 8.26. The van der Waals surface area contributed by atoms with E-state index in [0.717, 1.165) is 4.47 Å². The third-order valence-corrected chi connectivity index (χ3v) is 1.71. The first-order valence-corrected chi connectivity index (χ1v) is 4.30. The van der Waals surface area contributed by atoms with E-state index in [4.69, 9.17) is 11.0 Å². The molecule has 2 N–H and O–H groups in total. The molecule has 0 aliphatic rings. The maximum Gasteiger partial charge on any atom is 0.139 e. The second-order valence-corrected chi connectivity index (χ2v) is 3.14. The van der Waals surface area contributed by atoms with Gasteiger partial charge in [-0.2, -0.15) is 5.26 Å². The van der Waals surface area contributed by atoms with Crippen molar-refractivity contribution < 1.29 is 0 Å². The highest BCUT2D eigenvalue weighted by Crippen LogP contribution is 2.13. The number of hydrogen-bond acceptors (Lipinski definition) is 3. The number of halogens is 1. The minimum Gasteiger partial charge on any atom is -0.383 e. The Morgan fingerprint density at radius 2 is 2.38 bits per heavy atom. The highest BCUT2D eigenvalue weighted by atomic mass is 79.9. The van der Waals surface area contributed by atoms with Crippen LogP contribution in [0, 0.1) is 23.2 Å². The molecule has 0 aromatic carbocycles.